The fourth-order valence-corrected chi connectivity index (χ4v) is 1.51. The maximum absolute atomic E-state index is 11.6. The van der Waals surface area contributed by atoms with E-state index in [2.05, 4.69) is 5.32 Å². The largest absolute Gasteiger partial charge is 0.475 e. The minimum Gasteiger partial charge on any atom is -0.475 e. The zero-order valence-electron chi connectivity index (χ0n) is 9.39. The molecule has 1 aromatic heterocycles. The lowest BCUT2D eigenvalue weighted by Gasteiger charge is -2.24. The lowest BCUT2D eigenvalue weighted by atomic mass is 10.2. The van der Waals surface area contributed by atoms with Crippen LogP contribution in [0.15, 0.2) is 10.5 Å². The molecule has 1 aromatic rings. The molecule has 0 radical (unpaired) electrons. The molecule has 1 atom stereocenters. The Morgan fingerprint density at radius 2 is 2.29 bits per heavy atom. The number of carbonyl (C=O) groups is 2. The van der Waals surface area contributed by atoms with Crippen LogP contribution in [0.4, 0.5) is 5.88 Å². The average molecular weight is 240 g/mol. The van der Waals surface area contributed by atoms with Crippen LogP contribution in [0.1, 0.15) is 10.6 Å². The van der Waals surface area contributed by atoms with Crippen molar-refractivity contribution < 1.29 is 23.8 Å². The van der Waals surface area contributed by atoms with Crippen molar-refractivity contribution in [2.24, 2.45) is 0 Å². The van der Waals surface area contributed by atoms with Crippen molar-refractivity contribution in [3.63, 3.8) is 0 Å². The molecule has 1 amide bonds. The van der Waals surface area contributed by atoms with Crippen LogP contribution in [-0.2, 0) is 4.79 Å². The van der Waals surface area contributed by atoms with Crippen LogP contribution in [-0.4, -0.2) is 48.6 Å². The van der Waals surface area contributed by atoms with Gasteiger partial charge in [0.15, 0.2) is 11.9 Å². The predicted octanol–water partition coefficient (Wildman–Crippen LogP) is 0.239. The summed E-state index contributed by atoms with van der Waals surface area (Å²) in [5.74, 6) is -1.53. The first-order valence-electron chi connectivity index (χ1n) is 4.96. The Bertz CT molecular complexity index is 465. The van der Waals surface area contributed by atoms with Gasteiger partial charge in [0.05, 0.1) is 0 Å². The molecule has 7 heteroatoms. The number of fused-ring (bicyclic) bond motifs is 1. The quantitative estimate of drug-likeness (QED) is 0.786. The molecule has 0 saturated heterocycles. The highest BCUT2D eigenvalue weighted by Gasteiger charge is 2.31. The van der Waals surface area contributed by atoms with Crippen LogP contribution < -0.4 is 10.1 Å². The molecule has 7 nitrogen and oxygen atoms in total. The van der Waals surface area contributed by atoms with Gasteiger partial charge in [-0.15, -0.1) is 0 Å². The Morgan fingerprint density at radius 1 is 1.59 bits per heavy atom. The zero-order chi connectivity index (χ0) is 12.6. The molecule has 0 aromatic carbocycles. The molecular weight excluding hydrogens is 228 g/mol. The zero-order valence-corrected chi connectivity index (χ0v) is 9.39. The number of aromatic carboxylic acids is 1. The summed E-state index contributed by atoms with van der Waals surface area (Å²) in [7, 11) is 3.62. The summed E-state index contributed by atoms with van der Waals surface area (Å²) in [5, 5.41) is 11.2. The van der Waals surface area contributed by atoms with E-state index in [0.29, 0.717) is 6.54 Å². The van der Waals surface area contributed by atoms with Gasteiger partial charge in [0.2, 0.25) is 11.6 Å². The van der Waals surface area contributed by atoms with Crippen molar-refractivity contribution in [1.82, 2.24) is 4.90 Å². The Hall–Kier alpha value is -2.02. The van der Waals surface area contributed by atoms with Gasteiger partial charge < -0.3 is 19.2 Å². The van der Waals surface area contributed by atoms with Crippen molar-refractivity contribution >= 4 is 17.8 Å². The Labute approximate surface area is 97.0 Å². The standard InChI is InChI=1S/C10H12N2O5/c1-12(2)4-7-8(13)11-9-5(16-7)3-6(17-9)10(14)15/h3,7H,4H2,1-2H3,(H,11,13)(H,14,15). The number of carboxylic acids is 1. The van der Waals surface area contributed by atoms with Crippen LogP contribution in [0, 0.1) is 0 Å². The van der Waals surface area contributed by atoms with Gasteiger partial charge in [-0.3, -0.25) is 10.1 Å². The first kappa shape index (κ1) is 11.5. The van der Waals surface area contributed by atoms with E-state index in [1.54, 1.807) is 4.90 Å². The van der Waals surface area contributed by atoms with Crippen LogP contribution in [0.3, 0.4) is 0 Å². The number of rotatable bonds is 3. The maximum Gasteiger partial charge on any atom is 0.372 e. The number of nitrogens with zero attached hydrogens (tertiary/aromatic N) is 1. The summed E-state index contributed by atoms with van der Waals surface area (Å²) in [6.45, 7) is 0.402. The van der Waals surface area contributed by atoms with E-state index in [0.717, 1.165) is 0 Å². The van der Waals surface area contributed by atoms with Crippen molar-refractivity contribution in [2.75, 3.05) is 26.0 Å². The first-order valence-corrected chi connectivity index (χ1v) is 4.96. The van der Waals surface area contributed by atoms with Crippen molar-refractivity contribution in [2.45, 2.75) is 6.10 Å². The summed E-state index contributed by atoms with van der Waals surface area (Å²) >= 11 is 0. The third kappa shape index (κ3) is 2.23. The van der Waals surface area contributed by atoms with E-state index < -0.39 is 12.1 Å². The molecule has 0 fully saturated rings. The monoisotopic (exact) mass is 240 g/mol. The van der Waals surface area contributed by atoms with Gasteiger partial charge >= 0.3 is 5.97 Å². The number of likely N-dealkylation sites (N-methyl/N-ethyl adjacent to an activating group) is 1. The van der Waals surface area contributed by atoms with Gasteiger partial charge in [0, 0.05) is 12.6 Å². The molecular formula is C10H12N2O5. The smallest absolute Gasteiger partial charge is 0.372 e. The molecule has 0 bridgehead atoms. The van der Waals surface area contributed by atoms with E-state index in [4.69, 9.17) is 14.3 Å². The number of amides is 1. The molecule has 2 rings (SSSR count). The molecule has 0 saturated carbocycles. The van der Waals surface area contributed by atoms with Crippen LogP contribution in [0.5, 0.6) is 5.75 Å². The van der Waals surface area contributed by atoms with Crippen LogP contribution >= 0.6 is 0 Å². The Morgan fingerprint density at radius 3 is 2.88 bits per heavy atom. The van der Waals surface area contributed by atoms with Gasteiger partial charge in [0.1, 0.15) is 0 Å². The molecule has 17 heavy (non-hydrogen) atoms. The first-order chi connectivity index (χ1) is 7.97. The van der Waals surface area contributed by atoms with E-state index in [-0.39, 0.29) is 23.3 Å². The molecule has 92 valence electrons. The number of carbonyl (C=O) groups excluding carboxylic acids is 1. The van der Waals surface area contributed by atoms with Gasteiger partial charge in [-0.2, -0.15) is 0 Å². The van der Waals surface area contributed by atoms with Crippen molar-refractivity contribution in [3.05, 3.63) is 11.8 Å². The second-order valence-corrected chi connectivity index (χ2v) is 3.97. The van der Waals surface area contributed by atoms with Gasteiger partial charge in [-0.25, -0.2) is 4.79 Å². The minimum absolute atomic E-state index is 0.0439. The normalized spacial score (nSPS) is 18.5. The van der Waals surface area contributed by atoms with E-state index in [1.807, 2.05) is 14.1 Å². The number of hydrogen-bond acceptors (Lipinski definition) is 5. The molecule has 0 aliphatic carbocycles. The van der Waals surface area contributed by atoms with Crippen molar-refractivity contribution in [1.29, 1.82) is 0 Å². The topological polar surface area (TPSA) is 92.0 Å². The highest BCUT2D eigenvalue weighted by atomic mass is 16.5. The third-order valence-corrected chi connectivity index (χ3v) is 2.24. The number of furan rings is 1. The average Bonchev–Trinajstić information content (AvgIpc) is 2.60. The second kappa shape index (κ2) is 4.10. The number of hydrogen-bond donors (Lipinski definition) is 2. The molecule has 0 spiro atoms. The number of nitrogens with one attached hydrogen (secondary N) is 1. The predicted molar refractivity (Wildman–Crippen MR) is 57.3 cm³/mol. The highest BCUT2D eigenvalue weighted by molar-refractivity contribution is 5.97. The summed E-state index contributed by atoms with van der Waals surface area (Å²) in [5.41, 5.74) is 0. The fraction of sp³-hybridized carbons (Fsp3) is 0.400. The summed E-state index contributed by atoms with van der Waals surface area (Å²) in [6, 6.07) is 1.25. The summed E-state index contributed by atoms with van der Waals surface area (Å²) in [6.07, 6.45) is -0.670. The second-order valence-electron chi connectivity index (χ2n) is 3.97. The lowest BCUT2D eigenvalue weighted by Crippen LogP contribution is -2.43. The SMILES string of the molecule is CN(C)CC1Oc2cc(C(=O)O)oc2NC1=O. The van der Waals surface area contributed by atoms with Crippen LogP contribution in [0.2, 0.25) is 0 Å². The summed E-state index contributed by atoms with van der Waals surface area (Å²) in [4.78, 5) is 24.1. The van der Waals surface area contributed by atoms with Gasteiger partial charge in [-0.1, -0.05) is 0 Å². The van der Waals surface area contributed by atoms with E-state index in [1.165, 1.54) is 6.07 Å². The van der Waals surface area contributed by atoms with E-state index in [9.17, 15) is 9.59 Å². The molecule has 1 aliphatic heterocycles. The number of carboxylic acid groups (broad SMARTS) is 1. The summed E-state index contributed by atoms with van der Waals surface area (Å²) < 4.78 is 10.3. The number of ether oxygens (including phenoxy) is 1. The minimum atomic E-state index is -1.21. The van der Waals surface area contributed by atoms with Crippen LogP contribution in [0.25, 0.3) is 0 Å². The molecule has 1 aliphatic rings. The fourth-order valence-electron chi connectivity index (χ4n) is 1.51. The van der Waals surface area contributed by atoms with E-state index >= 15 is 0 Å². The molecule has 2 N–H and O–H groups in total. The Kier molecular flexibility index (Phi) is 2.76. The lowest BCUT2D eigenvalue weighted by molar-refractivity contribution is -0.124. The van der Waals surface area contributed by atoms with Crippen molar-refractivity contribution in [3.8, 4) is 5.75 Å². The number of anilines is 1. The van der Waals surface area contributed by atoms with Gasteiger partial charge in [-0.05, 0) is 14.1 Å². The third-order valence-electron chi connectivity index (χ3n) is 2.24. The molecule has 2 heterocycles. The Balaban J connectivity index is 2.22. The van der Waals surface area contributed by atoms with Gasteiger partial charge in [0.25, 0.3) is 5.91 Å². The molecule has 1 unspecified atom stereocenters. The highest BCUT2D eigenvalue weighted by Crippen LogP contribution is 2.33. The maximum atomic E-state index is 11.6.